The number of likely N-dealkylation sites (N-methyl/N-ethyl adjacent to an activating group) is 1. The first kappa shape index (κ1) is 14.2. The lowest BCUT2D eigenvalue weighted by atomic mass is 10.5. The molecule has 0 saturated heterocycles. The van der Waals surface area contributed by atoms with Gasteiger partial charge in [0.05, 0.1) is 0 Å². The fourth-order valence-corrected chi connectivity index (χ4v) is 2.60. The van der Waals surface area contributed by atoms with Crippen molar-refractivity contribution in [2.45, 2.75) is 13.3 Å². The molecule has 4 nitrogen and oxygen atoms in total. The molecule has 0 heterocycles. The van der Waals surface area contributed by atoms with Gasteiger partial charge in [0.15, 0.2) is 0 Å². The molecule has 0 spiro atoms. The minimum Gasteiger partial charge on any atom is -0.325 e. The summed E-state index contributed by atoms with van der Waals surface area (Å²) in [7, 11) is 4.04. The maximum atomic E-state index is 10.3. The average Bonchev–Trinajstić information content (AvgIpc) is 2.11. The Morgan fingerprint density at radius 1 is 1.29 bits per heavy atom. The molecule has 0 aromatic rings. The Bertz CT molecular complexity index is 153. The zero-order valence-electron chi connectivity index (χ0n) is 10.1. The first-order valence-corrected chi connectivity index (χ1v) is 6.96. The van der Waals surface area contributed by atoms with E-state index >= 15 is 0 Å². The van der Waals surface area contributed by atoms with Gasteiger partial charge in [0.1, 0.15) is 0 Å². The summed E-state index contributed by atoms with van der Waals surface area (Å²) in [5.74, 6) is 0. The normalized spacial score (nSPS) is 18.6. The number of hydrogen-bond donors (Lipinski definition) is 2. The maximum absolute atomic E-state index is 10.3. The molecule has 88 valence electrons. The molecule has 0 aliphatic carbocycles. The minimum atomic E-state index is -1.75. The summed E-state index contributed by atoms with van der Waals surface area (Å²) < 4.78 is 14.4. The van der Waals surface area contributed by atoms with Gasteiger partial charge in [0.2, 0.25) is 0 Å². The largest absolute Gasteiger partial charge is 0.325 e. The third-order valence-electron chi connectivity index (χ3n) is 2.27. The first-order valence-electron chi connectivity index (χ1n) is 5.04. The Morgan fingerprint density at radius 2 is 1.86 bits per heavy atom. The zero-order chi connectivity index (χ0) is 11.2. The van der Waals surface area contributed by atoms with Crippen LogP contribution in [-0.2, 0) is 0 Å². The standard InChI is InChI=1S/C9H25N3OS/c1-6-8-12(9-7-10-2)14(5,13)11(3)4/h10,13H,6-9H2,1-5H3. The molecular weight excluding hydrogens is 198 g/mol. The van der Waals surface area contributed by atoms with Gasteiger partial charge in [0.25, 0.3) is 0 Å². The van der Waals surface area contributed by atoms with Gasteiger partial charge in [-0.2, -0.15) is 0 Å². The number of nitrogens with one attached hydrogen (secondary N) is 1. The molecule has 0 aromatic heterocycles. The van der Waals surface area contributed by atoms with E-state index in [2.05, 4.69) is 16.5 Å². The summed E-state index contributed by atoms with van der Waals surface area (Å²) in [6.45, 7) is 4.89. The first-order chi connectivity index (χ1) is 6.46. The zero-order valence-corrected chi connectivity index (χ0v) is 10.9. The van der Waals surface area contributed by atoms with Crippen molar-refractivity contribution in [2.75, 3.05) is 47.0 Å². The number of hydrogen-bond acceptors (Lipinski definition) is 4. The van der Waals surface area contributed by atoms with E-state index in [1.807, 2.05) is 31.7 Å². The van der Waals surface area contributed by atoms with E-state index in [-0.39, 0.29) is 0 Å². The molecule has 0 rings (SSSR count). The second-order valence-corrected chi connectivity index (χ2v) is 6.47. The van der Waals surface area contributed by atoms with Gasteiger partial charge in [-0.05, 0) is 38.2 Å². The Morgan fingerprint density at radius 3 is 2.21 bits per heavy atom. The van der Waals surface area contributed by atoms with Gasteiger partial charge in [0, 0.05) is 25.9 Å². The molecule has 0 radical (unpaired) electrons. The lowest BCUT2D eigenvalue weighted by Gasteiger charge is -2.45. The highest BCUT2D eigenvalue weighted by Crippen LogP contribution is 2.44. The van der Waals surface area contributed by atoms with Crippen LogP contribution in [0, 0.1) is 0 Å². The van der Waals surface area contributed by atoms with Crippen molar-refractivity contribution in [3.8, 4) is 0 Å². The van der Waals surface area contributed by atoms with Crippen molar-refractivity contribution in [1.29, 1.82) is 0 Å². The Kier molecular flexibility index (Phi) is 6.72. The molecule has 2 N–H and O–H groups in total. The van der Waals surface area contributed by atoms with E-state index in [9.17, 15) is 4.55 Å². The third-order valence-corrected chi connectivity index (χ3v) is 4.99. The van der Waals surface area contributed by atoms with Crippen molar-refractivity contribution in [1.82, 2.24) is 13.9 Å². The van der Waals surface area contributed by atoms with Gasteiger partial charge >= 0.3 is 0 Å². The summed E-state index contributed by atoms with van der Waals surface area (Å²) in [6.07, 6.45) is 2.99. The molecule has 0 aliphatic heterocycles. The fraction of sp³-hybridized carbons (Fsp3) is 1.00. The van der Waals surface area contributed by atoms with E-state index in [0.717, 1.165) is 26.1 Å². The highest BCUT2D eigenvalue weighted by molar-refractivity contribution is 8.24. The quantitative estimate of drug-likeness (QED) is 0.681. The van der Waals surface area contributed by atoms with E-state index in [0.29, 0.717) is 0 Å². The molecule has 0 aromatic carbocycles. The van der Waals surface area contributed by atoms with Crippen LogP contribution in [0.2, 0.25) is 0 Å². The van der Waals surface area contributed by atoms with Gasteiger partial charge in [-0.25, -0.2) is 8.61 Å². The maximum Gasteiger partial charge on any atom is 0.0230 e. The molecule has 0 amide bonds. The third kappa shape index (κ3) is 4.14. The van der Waals surface area contributed by atoms with Gasteiger partial charge in [-0.1, -0.05) is 6.92 Å². The lowest BCUT2D eigenvalue weighted by Crippen LogP contribution is -2.39. The van der Waals surface area contributed by atoms with Crippen LogP contribution >= 0.6 is 10.7 Å². The van der Waals surface area contributed by atoms with Crippen LogP contribution in [0.25, 0.3) is 0 Å². The predicted octanol–water partition coefficient (Wildman–Crippen LogP) is 1.22. The van der Waals surface area contributed by atoms with Crippen molar-refractivity contribution in [3.63, 3.8) is 0 Å². The van der Waals surface area contributed by atoms with Crippen molar-refractivity contribution < 1.29 is 4.55 Å². The van der Waals surface area contributed by atoms with Crippen LogP contribution in [0.3, 0.4) is 0 Å². The number of rotatable bonds is 7. The van der Waals surface area contributed by atoms with Gasteiger partial charge < -0.3 is 9.87 Å². The molecule has 1 unspecified atom stereocenters. The molecule has 0 aliphatic rings. The highest BCUT2D eigenvalue weighted by atomic mass is 32.3. The molecule has 1 atom stereocenters. The molecule has 0 fully saturated rings. The van der Waals surface area contributed by atoms with Crippen LogP contribution in [0.15, 0.2) is 0 Å². The topological polar surface area (TPSA) is 38.7 Å². The Labute approximate surface area is 90.1 Å². The lowest BCUT2D eigenvalue weighted by molar-refractivity contribution is 0.376. The Balaban J connectivity index is 4.29. The molecule has 14 heavy (non-hydrogen) atoms. The van der Waals surface area contributed by atoms with Crippen molar-refractivity contribution in [3.05, 3.63) is 0 Å². The summed E-state index contributed by atoms with van der Waals surface area (Å²) in [6, 6.07) is 0. The fourth-order valence-electron chi connectivity index (χ4n) is 1.17. The van der Waals surface area contributed by atoms with Gasteiger partial charge in [-0.15, -0.1) is 0 Å². The van der Waals surface area contributed by atoms with E-state index in [1.54, 1.807) is 0 Å². The SMILES string of the molecule is CCCN(CCNC)S(C)(O)N(C)C. The number of nitrogens with zero attached hydrogens (tertiary/aromatic N) is 2. The highest BCUT2D eigenvalue weighted by Gasteiger charge is 2.24. The molecule has 5 heteroatoms. The average molecular weight is 223 g/mol. The van der Waals surface area contributed by atoms with Crippen LogP contribution in [-0.4, -0.2) is 60.2 Å². The molecule has 0 saturated carbocycles. The molecule has 0 bridgehead atoms. The molecular formula is C9H25N3OS. The van der Waals surface area contributed by atoms with Crippen LogP contribution in [0.1, 0.15) is 13.3 Å². The predicted molar refractivity (Wildman–Crippen MR) is 65.6 cm³/mol. The summed E-state index contributed by atoms with van der Waals surface area (Å²) >= 11 is 0. The van der Waals surface area contributed by atoms with Crippen LogP contribution in [0.4, 0.5) is 0 Å². The summed E-state index contributed by atoms with van der Waals surface area (Å²) in [4.78, 5) is 0. The van der Waals surface area contributed by atoms with E-state index in [4.69, 9.17) is 0 Å². The van der Waals surface area contributed by atoms with Crippen molar-refractivity contribution in [2.24, 2.45) is 0 Å². The summed E-state index contributed by atoms with van der Waals surface area (Å²) in [5.41, 5.74) is 0. The van der Waals surface area contributed by atoms with Crippen LogP contribution in [0.5, 0.6) is 0 Å². The second kappa shape index (κ2) is 6.63. The summed E-state index contributed by atoms with van der Waals surface area (Å²) in [5, 5.41) is 3.11. The second-order valence-electron chi connectivity index (χ2n) is 3.64. The smallest absolute Gasteiger partial charge is 0.0230 e. The minimum absolute atomic E-state index is 0.894. The van der Waals surface area contributed by atoms with E-state index in [1.165, 1.54) is 0 Å². The Hall–Kier alpha value is 0.190. The monoisotopic (exact) mass is 223 g/mol. The van der Waals surface area contributed by atoms with E-state index < -0.39 is 10.7 Å². The van der Waals surface area contributed by atoms with Crippen LogP contribution < -0.4 is 5.32 Å². The van der Waals surface area contributed by atoms with Crippen molar-refractivity contribution >= 4 is 10.7 Å². The van der Waals surface area contributed by atoms with Gasteiger partial charge in [-0.3, -0.25) is 0 Å².